The Bertz CT molecular complexity index is 1200. The van der Waals surface area contributed by atoms with Crippen LogP contribution in [0.25, 0.3) is 17.3 Å². The molecule has 4 rings (SSSR count). The Labute approximate surface area is 204 Å². The van der Waals surface area contributed by atoms with E-state index in [-0.39, 0.29) is 18.1 Å². The van der Waals surface area contributed by atoms with Crippen molar-refractivity contribution in [3.05, 3.63) is 57.0 Å². The van der Waals surface area contributed by atoms with E-state index >= 15 is 0 Å². The molecule has 3 heterocycles. The first kappa shape index (κ1) is 23.9. The summed E-state index contributed by atoms with van der Waals surface area (Å²) in [7, 11) is 1.79. The van der Waals surface area contributed by atoms with Gasteiger partial charge in [-0.3, -0.25) is 9.59 Å². The lowest BCUT2D eigenvalue weighted by molar-refractivity contribution is -0.105. The fourth-order valence-corrected chi connectivity index (χ4v) is 4.61. The van der Waals surface area contributed by atoms with Gasteiger partial charge in [0.1, 0.15) is 0 Å². The van der Waals surface area contributed by atoms with E-state index in [9.17, 15) is 9.59 Å². The number of carbonyl (C=O) groups is 2. The molecule has 9 heteroatoms. The van der Waals surface area contributed by atoms with Crippen LogP contribution in [-0.2, 0) is 9.53 Å². The first-order chi connectivity index (χ1) is 16.2. The molecule has 2 amide bonds. The van der Waals surface area contributed by atoms with Gasteiger partial charge in [-0.2, -0.15) is 0 Å². The monoisotopic (exact) mass is 483 g/mol. The van der Waals surface area contributed by atoms with Gasteiger partial charge in [0.25, 0.3) is 5.91 Å². The SMILES string of the molecule is C/C1=C\c2[nH]c(C)cc2C(=O)N(C)C(C)COCC2=C(NC(C)N2)c2cc(Cl)c(NC=O)c1c2. The third-order valence-electron chi connectivity index (χ3n) is 6.22. The maximum atomic E-state index is 13.3. The Kier molecular flexibility index (Phi) is 6.72. The second-order valence-corrected chi connectivity index (χ2v) is 9.30. The summed E-state index contributed by atoms with van der Waals surface area (Å²) in [5.74, 6) is -0.0958. The molecule has 1 aromatic carbocycles. The zero-order valence-electron chi connectivity index (χ0n) is 20.0. The number of rotatable bonds is 2. The Morgan fingerprint density at radius 3 is 2.68 bits per heavy atom. The predicted molar refractivity (Wildman–Crippen MR) is 135 cm³/mol. The summed E-state index contributed by atoms with van der Waals surface area (Å²) >= 11 is 6.64. The number of fused-ring (bicyclic) bond motifs is 4. The van der Waals surface area contributed by atoms with Crippen LogP contribution in [0.1, 0.15) is 53.6 Å². The van der Waals surface area contributed by atoms with Crippen molar-refractivity contribution in [3.63, 3.8) is 0 Å². The summed E-state index contributed by atoms with van der Waals surface area (Å²) < 4.78 is 6.01. The van der Waals surface area contributed by atoms with Crippen molar-refractivity contribution in [1.29, 1.82) is 0 Å². The highest BCUT2D eigenvalue weighted by Crippen LogP contribution is 2.36. The summed E-state index contributed by atoms with van der Waals surface area (Å²) in [6, 6.07) is 5.54. The Morgan fingerprint density at radius 2 is 1.94 bits per heavy atom. The van der Waals surface area contributed by atoms with Crippen molar-refractivity contribution in [1.82, 2.24) is 20.5 Å². The number of H-pyrrole nitrogens is 1. The first-order valence-corrected chi connectivity index (χ1v) is 11.6. The van der Waals surface area contributed by atoms with E-state index in [0.717, 1.165) is 33.8 Å². The van der Waals surface area contributed by atoms with E-state index in [1.165, 1.54) is 0 Å². The highest BCUT2D eigenvalue weighted by Gasteiger charge is 2.25. The van der Waals surface area contributed by atoms with Gasteiger partial charge in [0.2, 0.25) is 6.41 Å². The quantitative estimate of drug-likeness (QED) is 0.487. The molecular weight excluding hydrogens is 454 g/mol. The molecule has 0 saturated heterocycles. The zero-order valence-corrected chi connectivity index (χ0v) is 20.8. The van der Waals surface area contributed by atoms with Crippen LogP contribution in [0.2, 0.25) is 5.02 Å². The fraction of sp³-hybridized carbons (Fsp3) is 0.360. The second kappa shape index (κ2) is 9.56. The van der Waals surface area contributed by atoms with Gasteiger partial charge < -0.3 is 30.6 Å². The van der Waals surface area contributed by atoms with Gasteiger partial charge in [-0.1, -0.05) is 11.6 Å². The Balaban J connectivity index is 1.94. The van der Waals surface area contributed by atoms with Crippen molar-refractivity contribution in [3.8, 4) is 0 Å². The lowest BCUT2D eigenvalue weighted by Crippen LogP contribution is -2.38. The number of aryl methyl sites for hydroxylation is 1. The molecule has 34 heavy (non-hydrogen) atoms. The lowest BCUT2D eigenvalue weighted by atomic mass is 9.98. The van der Waals surface area contributed by atoms with Crippen LogP contribution in [0.15, 0.2) is 23.9 Å². The maximum Gasteiger partial charge on any atom is 0.256 e. The number of benzene rings is 1. The molecule has 0 aliphatic carbocycles. The largest absolute Gasteiger partial charge is 0.373 e. The van der Waals surface area contributed by atoms with E-state index in [0.29, 0.717) is 41.6 Å². The van der Waals surface area contributed by atoms with Crippen LogP contribution in [0, 0.1) is 6.92 Å². The number of nitrogens with zero attached hydrogens (tertiary/aromatic N) is 1. The molecule has 2 aliphatic heterocycles. The summed E-state index contributed by atoms with van der Waals surface area (Å²) in [5, 5.41) is 10.0. The number of anilines is 1. The number of nitrogens with one attached hydrogen (secondary N) is 4. The van der Waals surface area contributed by atoms with Gasteiger partial charge in [0.05, 0.1) is 58.8 Å². The number of amides is 2. The smallest absolute Gasteiger partial charge is 0.256 e. The lowest BCUT2D eigenvalue weighted by Gasteiger charge is -2.25. The third kappa shape index (κ3) is 4.56. The molecule has 180 valence electrons. The van der Waals surface area contributed by atoms with E-state index in [4.69, 9.17) is 16.3 Å². The number of hydrogen-bond acceptors (Lipinski definition) is 5. The molecule has 0 fully saturated rings. The minimum absolute atomic E-state index is 0.0188. The molecule has 0 spiro atoms. The van der Waals surface area contributed by atoms with Crippen molar-refractivity contribution < 1.29 is 14.3 Å². The summed E-state index contributed by atoms with van der Waals surface area (Å²) in [6.07, 6.45) is 2.55. The highest BCUT2D eigenvalue weighted by atomic mass is 35.5. The van der Waals surface area contributed by atoms with Gasteiger partial charge in [0, 0.05) is 23.9 Å². The zero-order chi connectivity index (χ0) is 24.6. The number of ether oxygens (including phenoxy) is 1. The van der Waals surface area contributed by atoms with Gasteiger partial charge in [-0.15, -0.1) is 0 Å². The molecule has 1 aromatic heterocycles. The molecule has 0 saturated carbocycles. The average molecular weight is 484 g/mol. The average Bonchev–Trinajstić information content (AvgIpc) is 3.34. The van der Waals surface area contributed by atoms with Crippen LogP contribution in [-0.4, -0.2) is 54.7 Å². The predicted octanol–water partition coefficient (Wildman–Crippen LogP) is 3.80. The topological polar surface area (TPSA) is 98.5 Å². The third-order valence-corrected chi connectivity index (χ3v) is 6.52. The number of aromatic amines is 1. The normalized spacial score (nSPS) is 22.5. The molecule has 0 radical (unpaired) electrons. The Hall–Kier alpha value is -3.23. The van der Waals surface area contributed by atoms with Crippen LogP contribution in [0.3, 0.4) is 0 Å². The highest BCUT2D eigenvalue weighted by molar-refractivity contribution is 6.34. The van der Waals surface area contributed by atoms with E-state index in [2.05, 4.69) is 20.9 Å². The van der Waals surface area contributed by atoms with Crippen molar-refractivity contribution >= 4 is 47.0 Å². The van der Waals surface area contributed by atoms with Crippen LogP contribution in [0.4, 0.5) is 5.69 Å². The Morgan fingerprint density at radius 1 is 1.18 bits per heavy atom. The van der Waals surface area contributed by atoms with E-state index in [1.807, 2.05) is 52.0 Å². The van der Waals surface area contributed by atoms with Crippen LogP contribution in [0.5, 0.6) is 0 Å². The number of halogens is 1. The van der Waals surface area contributed by atoms with Crippen LogP contribution < -0.4 is 16.0 Å². The molecule has 2 aromatic rings. The first-order valence-electron chi connectivity index (χ1n) is 11.2. The summed E-state index contributed by atoms with van der Waals surface area (Å²) in [6.45, 7) is 8.57. The molecule has 4 N–H and O–H groups in total. The van der Waals surface area contributed by atoms with Gasteiger partial charge in [0.15, 0.2) is 0 Å². The molecule has 2 aliphatic rings. The fourth-order valence-electron chi connectivity index (χ4n) is 4.34. The molecule has 2 atom stereocenters. The number of likely N-dealkylation sites (N-methyl/N-ethyl adjacent to an activating group) is 1. The standard InChI is InChI=1S/C25H30ClN5O3/c1-13-6-21-19(7-14(2)28-21)25(33)31(5)15(3)10-34-11-22-23(30-16(4)29-22)17-8-18(13)24(27-12-32)20(26)9-17/h6-9,12,15-16,28-30H,10-11H2,1-5H3,(H,27,32)/b13-6+. The molecule has 2 bridgehead atoms. The minimum Gasteiger partial charge on any atom is -0.373 e. The number of hydrogen-bond donors (Lipinski definition) is 4. The van der Waals surface area contributed by atoms with Crippen LogP contribution >= 0.6 is 11.6 Å². The summed E-state index contributed by atoms with van der Waals surface area (Å²) in [4.78, 5) is 29.7. The van der Waals surface area contributed by atoms with Crippen molar-refractivity contribution in [2.75, 3.05) is 25.6 Å². The molecular formula is C25H30ClN5O3. The van der Waals surface area contributed by atoms with Crippen molar-refractivity contribution in [2.45, 2.75) is 39.9 Å². The number of allylic oxidation sites excluding steroid dienone is 1. The minimum atomic E-state index is -0.125. The van der Waals surface area contributed by atoms with Gasteiger partial charge in [-0.25, -0.2) is 0 Å². The van der Waals surface area contributed by atoms with E-state index < -0.39 is 0 Å². The number of aromatic nitrogens is 1. The second-order valence-electron chi connectivity index (χ2n) is 8.89. The van der Waals surface area contributed by atoms with Crippen molar-refractivity contribution in [2.24, 2.45) is 0 Å². The maximum absolute atomic E-state index is 13.3. The van der Waals surface area contributed by atoms with E-state index in [1.54, 1.807) is 11.9 Å². The molecule has 2 unspecified atom stereocenters. The molecule has 8 nitrogen and oxygen atoms in total. The number of carbonyl (C=O) groups excluding carboxylic acids is 2. The summed E-state index contributed by atoms with van der Waals surface area (Å²) in [5.41, 5.74) is 6.93. The van der Waals surface area contributed by atoms with Gasteiger partial charge >= 0.3 is 0 Å². The van der Waals surface area contributed by atoms with Gasteiger partial charge in [-0.05, 0) is 57.5 Å².